The van der Waals surface area contributed by atoms with E-state index in [1.54, 1.807) is 12.1 Å². The van der Waals surface area contributed by atoms with Crippen molar-refractivity contribution in [3.05, 3.63) is 66.0 Å². The van der Waals surface area contributed by atoms with Crippen LogP contribution in [0.5, 0.6) is 5.75 Å². The number of benzene rings is 2. The Morgan fingerprint density at radius 2 is 1.69 bits per heavy atom. The molecule has 0 fully saturated rings. The summed E-state index contributed by atoms with van der Waals surface area (Å²) in [5.41, 5.74) is 6.79. The summed E-state index contributed by atoms with van der Waals surface area (Å²) in [7, 11) is 0. The van der Waals surface area contributed by atoms with Crippen LogP contribution in [0.3, 0.4) is 0 Å². The first-order valence-electron chi connectivity index (χ1n) is 10.1. The van der Waals surface area contributed by atoms with Crippen molar-refractivity contribution in [2.45, 2.75) is 40.2 Å². The zero-order valence-electron chi connectivity index (χ0n) is 17.2. The minimum absolute atomic E-state index is 0.135. The first-order chi connectivity index (χ1) is 13.9. The average Bonchev–Trinajstić information content (AvgIpc) is 3.14. The smallest absolute Gasteiger partial charge is 0.311 e. The van der Waals surface area contributed by atoms with Crippen molar-refractivity contribution in [2.24, 2.45) is 5.41 Å². The summed E-state index contributed by atoms with van der Waals surface area (Å²) in [6.07, 6.45) is 1.19. The second-order valence-corrected chi connectivity index (χ2v) is 8.47. The molecule has 0 unspecified atom stereocenters. The molecule has 4 heteroatoms. The van der Waals surface area contributed by atoms with Gasteiger partial charge in [-0.2, -0.15) is 0 Å². The van der Waals surface area contributed by atoms with Crippen LogP contribution in [0.2, 0.25) is 0 Å². The van der Waals surface area contributed by atoms with E-state index >= 15 is 0 Å². The van der Waals surface area contributed by atoms with Gasteiger partial charge in [-0.05, 0) is 42.0 Å². The van der Waals surface area contributed by atoms with Crippen molar-refractivity contribution in [3.8, 4) is 28.0 Å². The molecule has 29 heavy (non-hydrogen) atoms. The zero-order valence-corrected chi connectivity index (χ0v) is 17.2. The second kappa shape index (κ2) is 7.43. The lowest BCUT2D eigenvalue weighted by Crippen LogP contribution is -2.16. The molecule has 1 N–H and O–H groups in total. The van der Waals surface area contributed by atoms with Gasteiger partial charge in [-0.3, -0.25) is 4.79 Å². The molecule has 1 aliphatic heterocycles. The monoisotopic (exact) mass is 389 g/mol. The molecule has 0 aliphatic carbocycles. The van der Waals surface area contributed by atoms with Gasteiger partial charge >= 0.3 is 5.97 Å². The molecule has 3 aromatic rings. The van der Waals surface area contributed by atoms with E-state index in [-0.39, 0.29) is 23.6 Å². The van der Waals surface area contributed by atoms with Crippen molar-refractivity contribution in [1.29, 1.82) is 0 Å². The normalized spacial score (nSPS) is 14.6. The van der Waals surface area contributed by atoms with E-state index in [9.17, 15) is 9.90 Å². The third kappa shape index (κ3) is 3.67. The van der Waals surface area contributed by atoms with Crippen molar-refractivity contribution >= 4 is 5.97 Å². The highest BCUT2D eigenvalue weighted by molar-refractivity contribution is 5.90. The lowest BCUT2D eigenvalue weighted by atomic mass is 9.86. The fourth-order valence-corrected chi connectivity index (χ4v) is 4.42. The molecule has 0 radical (unpaired) electrons. The Labute approximate surface area is 171 Å². The number of phenolic OH excluding ortho intramolecular Hbond substituents is 1. The van der Waals surface area contributed by atoms with Gasteiger partial charge < -0.3 is 14.4 Å². The Morgan fingerprint density at radius 3 is 2.34 bits per heavy atom. The highest BCUT2D eigenvalue weighted by Gasteiger charge is 2.36. The van der Waals surface area contributed by atoms with E-state index in [1.807, 2.05) is 37.3 Å². The van der Waals surface area contributed by atoms with Gasteiger partial charge in [0.15, 0.2) is 0 Å². The summed E-state index contributed by atoms with van der Waals surface area (Å²) < 4.78 is 7.61. The number of esters is 1. The lowest BCUT2D eigenvalue weighted by molar-refractivity contribution is -0.142. The zero-order chi connectivity index (χ0) is 20.6. The predicted octanol–water partition coefficient (Wildman–Crippen LogP) is 5.22. The van der Waals surface area contributed by atoms with Crippen LogP contribution in [-0.2, 0) is 28.9 Å². The fraction of sp³-hybridized carbons (Fsp3) is 0.320. The van der Waals surface area contributed by atoms with Crippen molar-refractivity contribution < 1.29 is 14.6 Å². The number of rotatable bonds is 5. The molecule has 0 atom stereocenters. The maximum Gasteiger partial charge on any atom is 0.311 e. The quantitative estimate of drug-likeness (QED) is 0.609. The van der Waals surface area contributed by atoms with Crippen molar-refractivity contribution in [2.75, 3.05) is 6.61 Å². The van der Waals surface area contributed by atoms with E-state index in [1.165, 1.54) is 11.3 Å². The van der Waals surface area contributed by atoms with Crippen LogP contribution < -0.4 is 0 Å². The summed E-state index contributed by atoms with van der Waals surface area (Å²) in [5, 5.41) is 9.78. The van der Waals surface area contributed by atoms with Gasteiger partial charge in [0.2, 0.25) is 0 Å². The number of aromatic nitrogens is 1. The van der Waals surface area contributed by atoms with E-state index in [2.05, 4.69) is 30.5 Å². The van der Waals surface area contributed by atoms with Gasteiger partial charge in [-0.25, -0.2) is 0 Å². The van der Waals surface area contributed by atoms with Crippen LogP contribution in [0.4, 0.5) is 0 Å². The third-order valence-corrected chi connectivity index (χ3v) is 5.55. The Kier molecular flexibility index (Phi) is 4.95. The molecule has 1 aromatic heterocycles. The van der Waals surface area contributed by atoms with E-state index in [0.29, 0.717) is 6.61 Å². The van der Waals surface area contributed by atoms with Crippen LogP contribution in [0.15, 0.2) is 54.6 Å². The van der Waals surface area contributed by atoms with Gasteiger partial charge in [0.25, 0.3) is 0 Å². The topological polar surface area (TPSA) is 51.5 Å². The molecule has 4 nitrogen and oxygen atoms in total. The van der Waals surface area contributed by atoms with E-state index in [4.69, 9.17) is 4.74 Å². The first kappa shape index (κ1) is 19.3. The molecule has 0 amide bonds. The molecule has 2 heterocycles. The Morgan fingerprint density at radius 1 is 1.03 bits per heavy atom. The van der Waals surface area contributed by atoms with Gasteiger partial charge in [0.05, 0.1) is 13.0 Å². The molecule has 0 saturated heterocycles. The van der Waals surface area contributed by atoms with Crippen LogP contribution >= 0.6 is 0 Å². The van der Waals surface area contributed by atoms with Crippen LogP contribution in [0, 0.1) is 5.41 Å². The van der Waals surface area contributed by atoms with Gasteiger partial charge in [-0.1, -0.05) is 56.3 Å². The maximum atomic E-state index is 12.5. The SMILES string of the molecule is CCOC(=O)Cc1c(-c2ccc(O)cc2)c(-c2ccccc2)c2n1CC(C)(C)C2. The van der Waals surface area contributed by atoms with Crippen LogP contribution in [0.1, 0.15) is 32.2 Å². The molecule has 4 rings (SSSR count). The minimum Gasteiger partial charge on any atom is -0.508 e. The summed E-state index contributed by atoms with van der Waals surface area (Å²) in [5.74, 6) is 0.0204. The summed E-state index contributed by atoms with van der Waals surface area (Å²) >= 11 is 0. The number of ether oxygens (including phenoxy) is 1. The summed E-state index contributed by atoms with van der Waals surface area (Å²) in [6.45, 7) is 7.61. The lowest BCUT2D eigenvalue weighted by Gasteiger charge is -2.19. The predicted molar refractivity (Wildman–Crippen MR) is 115 cm³/mol. The Balaban J connectivity index is 1.98. The molecule has 0 bridgehead atoms. The summed E-state index contributed by atoms with van der Waals surface area (Å²) in [6, 6.07) is 17.6. The molecular formula is C25H27NO3. The molecule has 0 spiro atoms. The van der Waals surface area contributed by atoms with Gasteiger partial charge in [0, 0.05) is 29.1 Å². The number of carbonyl (C=O) groups is 1. The van der Waals surface area contributed by atoms with E-state index in [0.717, 1.165) is 35.3 Å². The molecular weight excluding hydrogens is 362 g/mol. The molecule has 150 valence electrons. The minimum atomic E-state index is -0.211. The number of fused-ring (bicyclic) bond motifs is 1. The average molecular weight is 389 g/mol. The Bertz CT molecular complexity index is 1030. The molecule has 0 saturated carbocycles. The van der Waals surface area contributed by atoms with Gasteiger partial charge in [0.1, 0.15) is 5.75 Å². The van der Waals surface area contributed by atoms with E-state index < -0.39 is 0 Å². The van der Waals surface area contributed by atoms with Crippen molar-refractivity contribution in [3.63, 3.8) is 0 Å². The highest BCUT2D eigenvalue weighted by atomic mass is 16.5. The largest absolute Gasteiger partial charge is 0.508 e. The number of hydrogen-bond acceptors (Lipinski definition) is 3. The number of aromatic hydroxyl groups is 1. The molecule has 2 aromatic carbocycles. The third-order valence-electron chi connectivity index (χ3n) is 5.55. The second-order valence-electron chi connectivity index (χ2n) is 8.47. The van der Waals surface area contributed by atoms with Crippen LogP contribution in [0.25, 0.3) is 22.3 Å². The first-order valence-corrected chi connectivity index (χ1v) is 10.1. The number of nitrogens with zero attached hydrogens (tertiary/aromatic N) is 1. The number of hydrogen-bond donors (Lipinski definition) is 1. The van der Waals surface area contributed by atoms with Gasteiger partial charge in [-0.15, -0.1) is 0 Å². The standard InChI is InChI=1S/C25H27NO3/c1-4-29-22(28)14-20-23(18-10-12-19(27)13-11-18)24(17-8-6-5-7-9-17)21-15-25(2,3)16-26(20)21/h5-13,27H,4,14-16H2,1-3H3. The Hall–Kier alpha value is -3.01. The van der Waals surface area contributed by atoms with Crippen LogP contribution in [-0.4, -0.2) is 22.2 Å². The summed E-state index contributed by atoms with van der Waals surface area (Å²) in [4.78, 5) is 12.5. The van der Waals surface area contributed by atoms with Crippen molar-refractivity contribution in [1.82, 2.24) is 4.57 Å². The fourth-order valence-electron chi connectivity index (χ4n) is 4.42. The molecule has 1 aliphatic rings. The number of phenols is 1. The maximum absolute atomic E-state index is 12.5. The highest BCUT2D eigenvalue weighted by Crippen LogP contribution is 2.47. The number of carbonyl (C=O) groups excluding carboxylic acids is 1.